The molecule has 0 saturated carbocycles. The Morgan fingerprint density at radius 2 is 1.80 bits per heavy atom. The molecule has 0 aliphatic carbocycles. The second-order valence-electron chi connectivity index (χ2n) is 6.20. The van der Waals surface area contributed by atoms with Gasteiger partial charge in [-0.25, -0.2) is 9.18 Å². The van der Waals surface area contributed by atoms with Crippen molar-refractivity contribution in [3.05, 3.63) is 70.5 Å². The third-order valence-corrected chi connectivity index (χ3v) is 4.48. The maximum Gasteiger partial charge on any atom is 0.336 e. The van der Waals surface area contributed by atoms with Crippen LogP contribution >= 0.6 is 0 Å². The Morgan fingerprint density at radius 1 is 1.00 bits per heavy atom. The standard InChI is InChI=1S/C21H17FO3/c1-2-3-4-14-9-21(23)25-20-11-19-17(10-16(14)20)18(12-24-19)13-5-7-15(22)8-6-13/h5-12H,2-4H2,1H3. The Balaban J connectivity index is 1.95. The summed E-state index contributed by atoms with van der Waals surface area (Å²) in [6.45, 7) is 2.12. The molecule has 126 valence electrons. The lowest BCUT2D eigenvalue weighted by atomic mass is 10.00. The summed E-state index contributed by atoms with van der Waals surface area (Å²) in [5, 5.41) is 1.84. The molecule has 0 aliphatic heterocycles. The average molecular weight is 336 g/mol. The monoisotopic (exact) mass is 336 g/mol. The van der Waals surface area contributed by atoms with E-state index in [0.29, 0.717) is 11.2 Å². The number of furan rings is 1. The second kappa shape index (κ2) is 6.20. The van der Waals surface area contributed by atoms with Crippen molar-refractivity contribution in [1.82, 2.24) is 0 Å². The highest BCUT2D eigenvalue weighted by atomic mass is 19.1. The molecular formula is C21H17FO3. The van der Waals surface area contributed by atoms with Gasteiger partial charge in [-0.15, -0.1) is 0 Å². The lowest BCUT2D eigenvalue weighted by Crippen LogP contribution is -2.00. The van der Waals surface area contributed by atoms with Gasteiger partial charge in [0.05, 0.1) is 6.26 Å². The van der Waals surface area contributed by atoms with Crippen molar-refractivity contribution in [2.45, 2.75) is 26.2 Å². The first-order valence-electron chi connectivity index (χ1n) is 8.39. The summed E-state index contributed by atoms with van der Waals surface area (Å²) < 4.78 is 24.2. The summed E-state index contributed by atoms with van der Waals surface area (Å²) in [6, 6.07) is 11.7. The zero-order valence-electron chi connectivity index (χ0n) is 13.8. The van der Waals surface area contributed by atoms with Gasteiger partial charge in [-0.05, 0) is 42.2 Å². The fraction of sp³-hybridized carbons (Fsp3) is 0.190. The predicted molar refractivity (Wildman–Crippen MR) is 96.3 cm³/mol. The van der Waals surface area contributed by atoms with Gasteiger partial charge in [0.1, 0.15) is 17.0 Å². The molecule has 0 radical (unpaired) electrons. The molecule has 4 heteroatoms. The highest BCUT2D eigenvalue weighted by Crippen LogP contribution is 2.34. The average Bonchev–Trinajstić information content (AvgIpc) is 3.01. The van der Waals surface area contributed by atoms with Gasteiger partial charge in [-0.2, -0.15) is 0 Å². The van der Waals surface area contributed by atoms with Crippen LogP contribution in [0.25, 0.3) is 33.1 Å². The van der Waals surface area contributed by atoms with Crippen LogP contribution in [-0.4, -0.2) is 0 Å². The molecule has 25 heavy (non-hydrogen) atoms. The summed E-state index contributed by atoms with van der Waals surface area (Å²) in [5.74, 6) is -0.273. The molecule has 2 heterocycles. The van der Waals surface area contributed by atoms with Crippen LogP contribution in [-0.2, 0) is 6.42 Å². The van der Waals surface area contributed by atoms with Crippen molar-refractivity contribution in [1.29, 1.82) is 0 Å². The van der Waals surface area contributed by atoms with Gasteiger partial charge in [-0.1, -0.05) is 25.5 Å². The Labute approximate surface area is 143 Å². The van der Waals surface area contributed by atoms with Crippen LogP contribution in [0, 0.1) is 5.82 Å². The summed E-state index contributed by atoms with van der Waals surface area (Å²) in [7, 11) is 0. The van der Waals surface area contributed by atoms with Crippen LogP contribution in [0.5, 0.6) is 0 Å². The summed E-state index contributed by atoms with van der Waals surface area (Å²) in [4.78, 5) is 11.8. The lowest BCUT2D eigenvalue weighted by Gasteiger charge is -2.05. The minimum absolute atomic E-state index is 0.273. The SMILES string of the molecule is CCCCc1cc(=O)oc2cc3occ(-c4ccc(F)cc4)c3cc12. The number of halogens is 1. The molecule has 3 nitrogen and oxygen atoms in total. The molecule has 0 spiro atoms. The van der Waals surface area contributed by atoms with Crippen molar-refractivity contribution in [2.75, 3.05) is 0 Å². The molecule has 0 N–H and O–H groups in total. The number of rotatable bonds is 4. The van der Waals surface area contributed by atoms with Crippen molar-refractivity contribution in [3.8, 4) is 11.1 Å². The number of unbranched alkanes of at least 4 members (excludes halogenated alkanes) is 1. The van der Waals surface area contributed by atoms with Crippen molar-refractivity contribution in [3.63, 3.8) is 0 Å². The normalized spacial score (nSPS) is 11.4. The highest BCUT2D eigenvalue weighted by Gasteiger charge is 2.13. The fourth-order valence-corrected chi connectivity index (χ4v) is 3.18. The van der Waals surface area contributed by atoms with E-state index in [1.807, 2.05) is 6.07 Å². The minimum Gasteiger partial charge on any atom is -0.464 e. The smallest absolute Gasteiger partial charge is 0.336 e. The van der Waals surface area contributed by atoms with Gasteiger partial charge in [0, 0.05) is 28.5 Å². The van der Waals surface area contributed by atoms with Crippen LogP contribution in [0.2, 0.25) is 0 Å². The van der Waals surface area contributed by atoms with Gasteiger partial charge < -0.3 is 8.83 Å². The van der Waals surface area contributed by atoms with Gasteiger partial charge in [0.15, 0.2) is 0 Å². The van der Waals surface area contributed by atoms with Crippen molar-refractivity contribution >= 4 is 21.9 Å². The van der Waals surface area contributed by atoms with E-state index in [1.165, 1.54) is 12.1 Å². The van der Waals surface area contributed by atoms with Crippen LogP contribution in [0.15, 0.2) is 62.4 Å². The quantitative estimate of drug-likeness (QED) is 0.450. The Kier molecular flexibility index (Phi) is 3.88. The zero-order valence-corrected chi connectivity index (χ0v) is 13.8. The van der Waals surface area contributed by atoms with Crippen LogP contribution in [0.3, 0.4) is 0 Å². The van der Waals surface area contributed by atoms with Gasteiger partial charge in [0.25, 0.3) is 0 Å². The summed E-state index contributed by atoms with van der Waals surface area (Å²) >= 11 is 0. The van der Waals surface area contributed by atoms with Crippen molar-refractivity contribution in [2.24, 2.45) is 0 Å². The van der Waals surface area contributed by atoms with E-state index in [4.69, 9.17) is 8.83 Å². The second-order valence-corrected chi connectivity index (χ2v) is 6.20. The molecule has 0 atom stereocenters. The maximum absolute atomic E-state index is 13.2. The Hall–Kier alpha value is -2.88. The van der Waals surface area contributed by atoms with E-state index < -0.39 is 0 Å². The Bertz CT molecular complexity index is 1100. The minimum atomic E-state index is -0.344. The topological polar surface area (TPSA) is 43.4 Å². The fourth-order valence-electron chi connectivity index (χ4n) is 3.18. The van der Waals surface area contributed by atoms with Crippen molar-refractivity contribution < 1.29 is 13.2 Å². The molecular weight excluding hydrogens is 319 g/mol. The van der Waals surface area contributed by atoms with Crippen LogP contribution in [0.4, 0.5) is 4.39 Å². The van der Waals surface area contributed by atoms with Gasteiger partial charge in [-0.3, -0.25) is 0 Å². The molecule has 0 amide bonds. The van der Waals surface area contributed by atoms with E-state index in [1.54, 1.807) is 30.5 Å². The zero-order chi connectivity index (χ0) is 17.4. The molecule has 4 rings (SSSR count). The van der Waals surface area contributed by atoms with E-state index in [2.05, 4.69) is 6.92 Å². The first-order chi connectivity index (χ1) is 12.2. The Morgan fingerprint density at radius 3 is 2.56 bits per heavy atom. The van der Waals surface area contributed by atoms with Crippen LogP contribution < -0.4 is 5.63 Å². The molecule has 0 saturated heterocycles. The molecule has 4 aromatic rings. The number of hydrogen-bond acceptors (Lipinski definition) is 3. The molecule has 0 unspecified atom stereocenters. The molecule has 0 fully saturated rings. The molecule has 2 aromatic heterocycles. The summed E-state index contributed by atoms with van der Waals surface area (Å²) in [6.07, 6.45) is 4.54. The highest BCUT2D eigenvalue weighted by molar-refractivity contribution is 6.02. The van der Waals surface area contributed by atoms with E-state index in [0.717, 1.165) is 46.7 Å². The maximum atomic E-state index is 13.2. The van der Waals surface area contributed by atoms with Crippen LogP contribution in [0.1, 0.15) is 25.3 Å². The summed E-state index contributed by atoms with van der Waals surface area (Å²) in [5.41, 5.74) is 3.59. The van der Waals surface area contributed by atoms with E-state index >= 15 is 0 Å². The third kappa shape index (κ3) is 2.84. The predicted octanol–water partition coefficient (Wildman–Crippen LogP) is 5.69. The molecule has 0 aliphatic rings. The number of hydrogen-bond donors (Lipinski definition) is 0. The van der Waals surface area contributed by atoms with E-state index in [9.17, 15) is 9.18 Å². The lowest BCUT2D eigenvalue weighted by molar-refractivity contribution is 0.556. The van der Waals surface area contributed by atoms with Gasteiger partial charge in [0.2, 0.25) is 0 Å². The van der Waals surface area contributed by atoms with Gasteiger partial charge >= 0.3 is 5.63 Å². The largest absolute Gasteiger partial charge is 0.464 e. The number of aryl methyl sites for hydroxylation is 1. The number of fused-ring (bicyclic) bond motifs is 2. The first kappa shape index (κ1) is 15.6. The first-order valence-corrected chi connectivity index (χ1v) is 8.39. The number of benzene rings is 2. The molecule has 2 aromatic carbocycles. The van der Waals surface area contributed by atoms with E-state index in [-0.39, 0.29) is 11.4 Å². The molecule has 0 bridgehead atoms. The third-order valence-electron chi connectivity index (χ3n) is 4.48.